The Bertz CT molecular complexity index is 1260. The SMILES string of the molecule is C=C1CCC(n2c(C)nc3cccc(NC(=O)c4cccc(Cl)c4)c3c2=O)C(=O)N1. The first-order valence-corrected chi connectivity index (χ1v) is 9.80. The summed E-state index contributed by atoms with van der Waals surface area (Å²) in [6.45, 7) is 5.47. The summed E-state index contributed by atoms with van der Waals surface area (Å²) in [5, 5.41) is 6.15. The van der Waals surface area contributed by atoms with Crippen LogP contribution in [0.2, 0.25) is 5.02 Å². The fraction of sp³-hybridized carbons (Fsp3) is 0.182. The normalized spacial score (nSPS) is 16.4. The van der Waals surface area contributed by atoms with Crippen LogP contribution in [0.1, 0.15) is 35.1 Å². The fourth-order valence-corrected chi connectivity index (χ4v) is 3.85. The van der Waals surface area contributed by atoms with E-state index in [9.17, 15) is 14.4 Å². The van der Waals surface area contributed by atoms with E-state index in [4.69, 9.17) is 11.6 Å². The number of aryl methyl sites for hydroxylation is 1. The molecule has 152 valence electrons. The molecule has 2 heterocycles. The van der Waals surface area contributed by atoms with Gasteiger partial charge in [0.05, 0.1) is 16.6 Å². The number of carbonyl (C=O) groups excluding carboxylic acids is 2. The van der Waals surface area contributed by atoms with Gasteiger partial charge < -0.3 is 10.6 Å². The van der Waals surface area contributed by atoms with Crippen LogP contribution in [0.5, 0.6) is 0 Å². The first-order valence-electron chi connectivity index (χ1n) is 9.42. The summed E-state index contributed by atoms with van der Waals surface area (Å²) in [6.07, 6.45) is 1.03. The smallest absolute Gasteiger partial charge is 0.264 e. The van der Waals surface area contributed by atoms with Crippen LogP contribution in [-0.4, -0.2) is 21.4 Å². The molecule has 0 spiro atoms. The number of piperidine rings is 1. The van der Waals surface area contributed by atoms with Crippen LogP contribution in [0, 0.1) is 6.92 Å². The molecule has 8 heteroatoms. The molecule has 1 saturated heterocycles. The molecule has 2 N–H and O–H groups in total. The molecule has 1 aromatic heterocycles. The second-order valence-corrected chi connectivity index (χ2v) is 7.58. The van der Waals surface area contributed by atoms with Gasteiger partial charge >= 0.3 is 0 Å². The third-order valence-corrected chi connectivity index (χ3v) is 5.31. The lowest BCUT2D eigenvalue weighted by molar-refractivity contribution is -0.124. The van der Waals surface area contributed by atoms with E-state index in [1.54, 1.807) is 49.4 Å². The number of halogens is 1. The fourth-order valence-electron chi connectivity index (χ4n) is 3.66. The quantitative estimate of drug-likeness (QED) is 0.674. The Kier molecular flexibility index (Phi) is 5.13. The van der Waals surface area contributed by atoms with Crippen LogP contribution in [0.4, 0.5) is 5.69 Å². The molecule has 2 amide bonds. The van der Waals surface area contributed by atoms with E-state index < -0.39 is 11.9 Å². The second kappa shape index (κ2) is 7.76. The molecule has 0 aliphatic carbocycles. The van der Waals surface area contributed by atoms with Gasteiger partial charge in [-0.25, -0.2) is 4.98 Å². The lowest BCUT2D eigenvalue weighted by Crippen LogP contribution is -2.41. The number of allylic oxidation sites excluding steroid dienone is 1. The number of carbonyl (C=O) groups is 2. The lowest BCUT2D eigenvalue weighted by Gasteiger charge is -2.26. The Morgan fingerprint density at radius 2 is 2.03 bits per heavy atom. The Morgan fingerprint density at radius 3 is 2.77 bits per heavy atom. The van der Waals surface area contributed by atoms with Gasteiger partial charge in [0.25, 0.3) is 11.5 Å². The number of anilines is 1. The van der Waals surface area contributed by atoms with E-state index in [0.717, 1.165) is 0 Å². The number of nitrogens with zero attached hydrogens (tertiary/aromatic N) is 2. The molecule has 1 atom stereocenters. The third kappa shape index (κ3) is 3.59. The largest absolute Gasteiger partial charge is 0.329 e. The number of rotatable bonds is 3. The average molecular weight is 423 g/mol. The van der Waals surface area contributed by atoms with Gasteiger partial charge in [0, 0.05) is 16.3 Å². The summed E-state index contributed by atoms with van der Waals surface area (Å²) in [4.78, 5) is 43.1. The van der Waals surface area contributed by atoms with Gasteiger partial charge in [-0.1, -0.05) is 30.3 Å². The maximum absolute atomic E-state index is 13.4. The highest BCUT2D eigenvalue weighted by molar-refractivity contribution is 6.31. The predicted octanol–water partition coefficient (Wildman–Crippen LogP) is 3.58. The summed E-state index contributed by atoms with van der Waals surface area (Å²) in [7, 11) is 0. The van der Waals surface area contributed by atoms with Crippen molar-refractivity contribution in [1.82, 2.24) is 14.9 Å². The number of aromatic nitrogens is 2. The van der Waals surface area contributed by atoms with Gasteiger partial charge in [-0.2, -0.15) is 0 Å². The molecule has 1 aliphatic heterocycles. The molecule has 4 rings (SSSR count). The van der Waals surface area contributed by atoms with Crippen molar-refractivity contribution in [2.24, 2.45) is 0 Å². The van der Waals surface area contributed by atoms with E-state index in [2.05, 4.69) is 22.2 Å². The molecular formula is C22H19ClN4O3. The highest BCUT2D eigenvalue weighted by atomic mass is 35.5. The first kappa shape index (κ1) is 19.8. The van der Waals surface area contributed by atoms with Crippen molar-refractivity contribution < 1.29 is 9.59 Å². The van der Waals surface area contributed by atoms with Crippen molar-refractivity contribution in [3.8, 4) is 0 Å². The molecule has 0 radical (unpaired) electrons. The minimum absolute atomic E-state index is 0.246. The van der Waals surface area contributed by atoms with E-state index in [-0.39, 0.29) is 16.9 Å². The molecular weight excluding hydrogens is 404 g/mol. The zero-order valence-corrected chi connectivity index (χ0v) is 17.0. The average Bonchev–Trinajstić information content (AvgIpc) is 2.69. The number of nitrogens with one attached hydrogen (secondary N) is 2. The molecule has 0 bridgehead atoms. The van der Waals surface area contributed by atoms with Crippen LogP contribution >= 0.6 is 11.6 Å². The number of hydrogen-bond donors (Lipinski definition) is 2. The van der Waals surface area contributed by atoms with Gasteiger partial charge in [-0.3, -0.25) is 19.0 Å². The molecule has 3 aromatic rings. The van der Waals surface area contributed by atoms with Crippen LogP contribution in [-0.2, 0) is 4.79 Å². The highest BCUT2D eigenvalue weighted by Gasteiger charge is 2.29. The van der Waals surface area contributed by atoms with E-state index in [1.165, 1.54) is 4.57 Å². The standard InChI is InChI=1S/C22H19ClN4O3/c1-12-9-10-18(21(29)24-12)27-13(2)25-16-7-4-8-17(19(16)22(27)30)26-20(28)14-5-3-6-15(23)11-14/h3-8,11,18H,1,9-10H2,2H3,(H,24,29)(H,26,28). The summed E-state index contributed by atoms with van der Waals surface area (Å²) in [6, 6.07) is 10.9. The van der Waals surface area contributed by atoms with Gasteiger partial charge in [0.2, 0.25) is 5.91 Å². The van der Waals surface area contributed by atoms with Gasteiger partial charge in [-0.15, -0.1) is 0 Å². The highest BCUT2D eigenvalue weighted by Crippen LogP contribution is 2.25. The number of benzene rings is 2. The summed E-state index contributed by atoms with van der Waals surface area (Å²) in [5.41, 5.74) is 1.38. The van der Waals surface area contributed by atoms with E-state index >= 15 is 0 Å². The monoisotopic (exact) mass is 422 g/mol. The molecule has 7 nitrogen and oxygen atoms in total. The number of fused-ring (bicyclic) bond motifs is 1. The second-order valence-electron chi connectivity index (χ2n) is 7.15. The van der Waals surface area contributed by atoms with Gasteiger partial charge in [0.1, 0.15) is 11.9 Å². The van der Waals surface area contributed by atoms with Crippen molar-refractivity contribution in [2.45, 2.75) is 25.8 Å². The van der Waals surface area contributed by atoms with E-state index in [1.807, 2.05) is 0 Å². The van der Waals surface area contributed by atoms with Crippen molar-refractivity contribution >= 4 is 40.0 Å². The lowest BCUT2D eigenvalue weighted by atomic mass is 10.0. The number of hydrogen-bond acceptors (Lipinski definition) is 4. The van der Waals surface area contributed by atoms with Crippen molar-refractivity contribution in [1.29, 1.82) is 0 Å². The molecule has 2 aromatic carbocycles. The Balaban J connectivity index is 1.80. The number of amides is 2. The van der Waals surface area contributed by atoms with Crippen molar-refractivity contribution in [2.75, 3.05) is 5.32 Å². The van der Waals surface area contributed by atoms with Gasteiger partial charge in [-0.05, 0) is 50.1 Å². The Morgan fingerprint density at radius 1 is 1.27 bits per heavy atom. The van der Waals surface area contributed by atoms with Crippen LogP contribution < -0.4 is 16.2 Å². The van der Waals surface area contributed by atoms with Crippen molar-refractivity contribution in [3.05, 3.63) is 81.5 Å². The van der Waals surface area contributed by atoms with Crippen LogP contribution in [0.3, 0.4) is 0 Å². The minimum atomic E-state index is -0.684. The van der Waals surface area contributed by atoms with Crippen LogP contribution in [0.15, 0.2) is 59.5 Å². The predicted molar refractivity (Wildman–Crippen MR) is 116 cm³/mol. The van der Waals surface area contributed by atoms with E-state index in [0.29, 0.717) is 46.2 Å². The third-order valence-electron chi connectivity index (χ3n) is 5.07. The molecule has 1 aliphatic rings. The van der Waals surface area contributed by atoms with Gasteiger partial charge in [0.15, 0.2) is 0 Å². The van der Waals surface area contributed by atoms with Crippen LogP contribution in [0.25, 0.3) is 10.9 Å². The maximum atomic E-state index is 13.4. The van der Waals surface area contributed by atoms with Crippen molar-refractivity contribution in [3.63, 3.8) is 0 Å². The summed E-state index contributed by atoms with van der Waals surface area (Å²) >= 11 is 5.97. The summed E-state index contributed by atoms with van der Waals surface area (Å²) in [5.74, 6) is -0.264. The topological polar surface area (TPSA) is 93.1 Å². The molecule has 0 saturated carbocycles. The molecule has 1 unspecified atom stereocenters. The first-order chi connectivity index (χ1) is 14.3. The summed E-state index contributed by atoms with van der Waals surface area (Å²) < 4.78 is 1.39. The molecule has 1 fully saturated rings. The zero-order valence-electron chi connectivity index (χ0n) is 16.2. The maximum Gasteiger partial charge on any atom is 0.264 e. The Labute approximate surface area is 177 Å². The minimum Gasteiger partial charge on any atom is -0.329 e. The zero-order chi connectivity index (χ0) is 21.4. The molecule has 30 heavy (non-hydrogen) atoms. The Hall–Kier alpha value is -3.45.